The van der Waals surface area contributed by atoms with E-state index >= 15 is 0 Å². The van der Waals surface area contributed by atoms with E-state index in [9.17, 15) is 9.59 Å². The highest BCUT2D eigenvalue weighted by Gasteiger charge is 2.48. The number of hydrogen-bond donors (Lipinski definition) is 0. The maximum Gasteiger partial charge on any atom is 0.320 e. The summed E-state index contributed by atoms with van der Waals surface area (Å²) >= 11 is 1.62. The molecular weight excluding hydrogens is 450 g/mol. The Balaban J connectivity index is 1.98. The molecule has 184 valence electrons. The predicted octanol–water partition coefficient (Wildman–Crippen LogP) is 4.78. The third-order valence-corrected chi connectivity index (χ3v) is 8.28. The lowest BCUT2D eigenvalue weighted by Crippen LogP contribution is -2.50. The van der Waals surface area contributed by atoms with Gasteiger partial charge < -0.3 is 14.3 Å². The lowest BCUT2D eigenvalue weighted by atomic mass is 9.79. The molecule has 0 radical (unpaired) electrons. The molecule has 34 heavy (non-hydrogen) atoms. The number of carbonyl (C=O) groups is 2. The molecule has 0 amide bonds. The maximum atomic E-state index is 14.3. The van der Waals surface area contributed by atoms with Gasteiger partial charge in [-0.1, -0.05) is 29.8 Å². The van der Waals surface area contributed by atoms with Crippen molar-refractivity contribution in [3.05, 3.63) is 64.2 Å². The molecule has 0 bridgehead atoms. The second-order valence-electron chi connectivity index (χ2n) is 8.88. The molecule has 0 spiro atoms. The summed E-state index contributed by atoms with van der Waals surface area (Å²) in [6.07, 6.45) is 1.19. The number of rotatable bonds is 9. The molecule has 6 nitrogen and oxygen atoms in total. The van der Waals surface area contributed by atoms with Crippen molar-refractivity contribution < 1.29 is 23.9 Å². The molecule has 1 unspecified atom stereocenters. The van der Waals surface area contributed by atoms with E-state index in [0.717, 1.165) is 33.6 Å². The molecule has 2 aromatic carbocycles. The number of aryl methyl sites for hydroxylation is 3. The topological polar surface area (TPSA) is 65.1 Å². The minimum atomic E-state index is -0.955. The van der Waals surface area contributed by atoms with Crippen LogP contribution in [0, 0.1) is 20.8 Å². The molecule has 1 heterocycles. The molecule has 1 aliphatic heterocycles. The van der Waals surface area contributed by atoms with Crippen molar-refractivity contribution in [3.8, 4) is 5.75 Å². The summed E-state index contributed by atoms with van der Waals surface area (Å²) in [5, 5.41) is 1.87. The number of benzene rings is 2. The zero-order valence-electron chi connectivity index (χ0n) is 21.0. The van der Waals surface area contributed by atoms with Gasteiger partial charge in [-0.25, -0.2) is 0 Å². The minimum Gasteiger partial charge on any atom is -0.497 e. The summed E-state index contributed by atoms with van der Waals surface area (Å²) in [5.41, 5.74) is 4.84. The summed E-state index contributed by atoms with van der Waals surface area (Å²) < 4.78 is 9.72. The molecule has 1 atom stereocenters. The summed E-state index contributed by atoms with van der Waals surface area (Å²) in [5.74, 6) is -0.0861. The highest BCUT2D eigenvalue weighted by Crippen LogP contribution is 2.44. The predicted molar refractivity (Wildman–Crippen MR) is 135 cm³/mol. The van der Waals surface area contributed by atoms with Crippen molar-refractivity contribution >= 4 is 23.5 Å². The number of ether oxygens (including phenoxy) is 2. The van der Waals surface area contributed by atoms with E-state index in [0.29, 0.717) is 31.7 Å². The second-order valence-corrected chi connectivity index (χ2v) is 10.2. The lowest BCUT2D eigenvalue weighted by Gasteiger charge is -2.41. The Kier molecular flexibility index (Phi) is 8.79. The van der Waals surface area contributed by atoms with Crippen LogP contribution in [0.5, 0.6) is 5.75 Å². The number of thioether (sulfide) groups is 1. The maximum absolute atomic E-state index is 14.3. The fourth-order valence-corrected chi connectivity index (χ4v) is 6.19. The molecule has 0 aromatic heterocycles. The zero-order valence-corrected chi connectivity index (χ0v) is 21.8. The molecule has 1 saturated heterocycles. The monoisotopic (exact) mass is 485 g/mol. The first-order valence-electron chi connectivity index (χ1n) is 11.5. The van der Waals surface area contributed by atoms with E-state index in [4.69, 9.17) is 14.3 Å². The average Bonchev–Trinajstić information content (AvgIpc) is 2.84. The molecule has 3 rings (SSSR count). The molecule has 7 heteroatoms. The van der Waals surface area contributed by atoms with Gasteiger partial charge >= 0.3 is 5.97 Å². The number of carbonyl (C=O) groups excluding carboxylic acids is 2. The lowest BCUT2D eigenvalue weighted by molar-refractivity contribution is -0.154. The number of Topliss-reactive ketones (excluding diaryl/α,β-unsaturated/α-hetero) is 1. The standard InChI is InChI=1S/C27H35NO5S/c1-18-15-19(2)23(20(3)16-18)24(26(30)32-5)25(29)27(11-13-28(33-6)14-12-27)34-17-21-7-9-22(31-4)10-8-21/h7-10,15-16,24H,11-14,17H2,1-6H3. The van der Waals surface area contributed by atoms with Crippen molar-refractivity contribution in [1.29, 1.82) is 0 Å². The smallest absolute Gasteiger partial charge is 0.320 e. The zero-order chi connectivity index (χ0) is 24.9. The third kappa shape index (κ3) is 5.65. The first-order chi connectivity index (χ1) is 16.2. The van der Waals surface area contributed by atoms with Crippen molar-refractivity contribution in [1.82, 2.24) is 5.06 Å². The van der Waals surface area contributed by atoms with Crippen molar-refractivity contribution in [2.24, 2.45) is 0 Å². The fourth-order valence-electron chi connectivity index (χ4n) is 4.82. The van der Waals surface area contributed by atoms with Crippen molar-refractivity contribution in [2.75, 3.05) is 34.4 Å². The molecule has 1 aliphatic rings. The van der Waals surface area contributed by atoms with Gasteiger partial charge in [-0.3, -0.25) is 9.59 Å². The molecule has 1 fully saturated rings. The number of methoxy groups -OCH3 is 2. The first-order valence-corrected chi connectivity index (χ1v) is 12.5. The van der Waals surface area contributed by atoms with Crippen LogP contribution in [0.1, 0.15) is 46.6 Å². The molecular formula is C27H35NO5S. The van der Waals surface area contributed by atoms with Crippen molar-refractivity contribution in [2.45, 2.75) is 50.0 Å². The van der Waals surface area contributed by atoms with Gasteiger partial charge in [0.05, 0.1) is 26.1 Å². The Morgan fingerprint density at radius 3 is 2.09 bits per heavy atom. The van der Waals surface area contributed by atoms with Gasteiger partial charge in [-0.15, -0.1) is 11.8 Å². The van der Waals surface area contributed by atoms with Gasteiger partial charge in [0.25, 0.3) is 0 Å². The average molecular weight is 486 g/mol. The number of esters is 1. The highest BCUT2D eigenvalue weighted by molar-refractivity contribution is 8.00. The van der Waals surface area contributed by atoms with Crippen molar-refractivity contribution in [3.63, 3.8) is 0 Å². The van der Waals surface area contributed by atoms with Crippen LogP contribution in [-0.4, -0.2) is 56.0 Å². The van der Waals surface area contributed by atoms with Gasteiger partial charge in [0.2, 0.25) is 0 Å². The van der Waals surface area contributed by atoms with Crippen LogP contribution in [0.15, 0.2) is 36.4 Å². The summed E-state index contributed by atoms with van der Waals surface area (Å²) in [7, 11) is 4.64. The number of nitrogens with zero attached hydrogens (tertiary/aromatic N) is 1. The van der Waals surface area contributed by atoms with E-state index in [1.165, 1.54) is 7.11 Å². The largest absolute Gasteiger partial charge is 0.497 e. The first kappa shape index (κ1) is 26.3. The summed E-state index contributed by atoms with van der Waals surface area (Å²) in [6, 6.07) is 11.9. The summed E-state index contributed by atoms with van der Waals surface area (Å²) in [4.78, 5) is 32.8. The molecule has 0 N–H and O–H groups in total. The molecule has 2 aromatic rings. The Bertz CT molecular complexity index is 989. The van der Waals surface area contributed by atoms with Gasteiger partial charge in [-0.2, -0.15) is 5.06 Å². The van der Waals surface area contributed by atoms with Crippen LogP contribution < -0.4 is 4.74 Å². The minimum absolute atomic E-state index is 0.0799. The van der Waals surface area contributed by atoms with Gasteiger partial charge in [0.1, 0.15) is 11.7 Å². The Morgan fingerprint density at radius 1 is 1.00 bits per heavy atom. The van der Waals surface area contributed by atoms with Crippen LogP contribution >= 0.6 is 11.8 Å². The molecule has 0 saturated carbocycles. The van der Waals surface area contributed by atoms with Crippen LogP contribution in [0.2, 0.25) is 0 Å². The normalized spacial score (nSPS) is 16.6. The van der Waals surface area contributed by atoms with E-state index < -0.39 is 16.6 Å². The Labute approximate surface area is 206 Å². The second kappa shape index (κ2) is 11.4. The van der Waals surface area contributed by atoms with Gasteiger partial charge in [-0.05, 0) is 68.0 Å². The SMILES string of the molecule is COC(=O)C(C(=O)C1(SCc2ccc(OC)cc2)CCN(OC)CC1)c1c(C)cc(C)cc1C. The third-order valence-electron chi connectivity index (χ3n) is 6.64. The Hall–Kier alpha value is -2.35. The quantitative estimate of drug-likeness (QED) is 0.374. The fraction of sp³-hybridized carbons (Fsp3) is 0.481. The number of hydroxylamine groups is 2. The van der Waals surface area contributed by atoms with Crippen LogP contribution in [0.25, 0.3) is 0 Å². The Morgan fingerprint density at radius 2 is 1.59 bits per heavy atom. The number of hydrogen-bond acceptors (Lipinski definition) is 7. The van der Waals surface area contributed by atoms with E-state index in [1.807, 2.05) is 62.2 Å². The van der Waals surface area contributed by atoms with Gasteiger partial charge in [0.15, 0.2) is 5.78 Å². The van der Waals surface area contributed by atoms with Crippen LogP contribution in [0.3, 0.4) is 0 Å². The van der Waals surface area contributed by atoms with Crippen LogP contribution in [0.4, 0.5) is 0 Å². The van der Waals surface area contributed by atoms with E-state index in [1.54, 1.807) is 26.0 Å². The number of ketones is 1. The number of piperidine rings is 1. The molecule has 0 aliphatic carbocycles. The summed E-state index contributed by atoms with van der Waals surface area (Å²) in [6.45, 7) is 7.19. The highest BCUT2D eigenvalue weighted by atomic mass is 32.2. The van der Waals surface area contributed by atoms with E-state index in [-0.39, 0.29) is 5.78 Å². The van der Waals surface area contributed by atoms with Crippen LogP contribution in [-0.2, 0) is 24.9 Å². The van der Waals surface area contributed by atoms with Gasteiger partial charge in [0, 0.05) is 18.8 Å². The van der Waals surface area contributed by atoms with E-state index in [2.05, 4.69) is 0 Å².